The number of hydrogen-bond acceptors (Lipinski definition) is 4. The highest BCUT2D eigenvalue weighted by Crippen LogP contribution is 2.22. The van der Waals surface area contributed by atoms with E-state index in [1.807, 2.05) is 13.8 Å². The lowest BCUT2D eigenvalue weighted by Gasteiger charge is -2.42. The molecule has 0 bridgehead atoms. The predicted octanol–water partition coefficient (Wildman–Crippen LogP) is 0.676. The van der Waals surface area contributed by atoms with Crippen molar-refractivity contribution in [2.75, 3.05) is 26.8 Å². The van der Waals surface area contributed by atoms with Gasteiger partial charge in [0.1, 0.15) is 5.69 Å². The summed E-state index contributed by atoms with van der Waals surface area (Å²) >= 11 is 0. The normalized spacial score (nSPS) is 23.1. The van der Waals surface area contributed by atoms with Gasteiger partial charge in [-0.3, -0.25) is 9.89 Å². The van der Waals surface area contributed by atoms with Gasteiger partial charge in [0.2, 0.25) is 0 Å². The monoisotopic (exact) mass is 253 g/mol. The molecule has 1 N–H and O–H groups in total. The van der Waals surface area contributed by atoms with Crippen molar-refractivity contribution in [1.82, 2.24) is 15.1 Å². The minimum atomic E-state index is -0.364. The van der Waals surface area contributed by atoms with Crippen LogP contribution in [0.3, 0.4) is 0 Å². The molecule has 0 spiro atoms. The van der Waals surface area contributed by atoms with E-state index in [2.05, 4.69) is 10.2 Å². The second-order valence-corrected chi connectivity index (χ2v) is 5.11. The van der Waals surface area contributed by atoms with E-state index in [1.165, 1.54) is 0 Å². The minimum absolute atomic E-state index is 0.0509. The fourth-order valence-corrected chi connectivity index (χ4v) is 2.27. The molecule has 1 amide bonds. The molecule has 1 aromatic rings. The van der Waals surface area contributed by atoms with Crippen molar-refractivity contribution >= 4 is 5.91 Å². The second-order valence-electron chi connectivity index (χ2n) is 5.11. The third-order valence-corrected chi connectivity index (χ3v) is 2.85. The van der Waals surface area contributed by atoms with E-state index >= 15 is 0 Å². The minimum Gasteiger partial charge on any atom is -0.382 e. The van der Waals surface area contributed by atoms with E-state index in [-0.39, 0.29) is 17.6 Å². The van der Waals surface area contributed by atoms with Crippen molar-refractivity contribution in [2.45, 2.75) is 25.6 Å². The molecule has 0 radical (unpaired) electrons. The molecule has 0 aromatic carbocycles. The summed E-state index contributed by atoms with van der Waals surface area (Å²) in [5.74, 6) is -0.0509. The van der Waals surface area contributed by atoms with Crippen molar-refractivity contribution < 1.29 is 14.3 Å². The highest BCUT2D eigenvalue weighted by atomic mass is 16.5. The first-order valence-corrected chi connectivity index (χ1v) is 5.97. The number of methoxy groups -OCH3 is 1. The third-order valence-electron chi connectivity index (χ3n) is 2.85. The second kappa shape index (κ2) is 5.07. The first kappa shape index (κ1) is 13.0. The molecule has 1 unspecified atom stereocenters. The van der Waals surface area contributed by atoms with Gasteiger partial charge in [0.25, 0.3) is 5.91 Å². The number of amides is 1. The molecule has 100 valence electrons. The molecular weight excluding hydrogens is 234 g/mol. The molecule has 2 rings (SSSR count). The Labute approximate surface area is 106 Å². The molecule has 1 aromatic heterocycles. The standard InChI is InChI=1S/C12H19N3O3/c1-12(2)8-15(6-9(18-12)7-17-3)11(16)10-4-5-13-14-10/h4-5,9H,6-8H2,1-3H3,(H,13,14). The summed E-state index contributed by atoms with van der Waals surface area (Å²) in [5, 5.41) is 6.50. The lowest BCUT2D eigenvalue weighted by molar-refractivity contribution is -0.143. The summed E-state index contributed by atoms with van der Waals surface area (Å²) in [6.07, 6.45) is 1.48. The van der Waals surface area contributed by atoms with Gasteiger partial charge in [0.15, 0.2) is 0 Å². The van der Waals surface area contributed by atoms with E-state index in [1.54, 1.807) is 24.3 Å². The van der Waals surface area contributed by atoms with Gasteiger partial charge in [-0.05, 0) is 19.9 Å². The average Bonchev–Trinajstić information content (AvgIpc) is 2.79. The summed E-state index contributed by atoms with van der Waals surface area (Å²) < 4.78 is 11.0. The van der Waals surface area contributed by atoms with Gasteiger partial charge >= 0.3 is 0 Å². The average molecular weight is 253 g/mol. The number of aromatic amines is 1. The number of aromatic nitrogens is 2. The van der Waals surface area contributed by atoms with Gasteiger partial charge in [-0.25, -0.2) is 0 Å². The Bertz CT molecular complexity index is 403. The predicted molar refractivity (Wildman–Crippen MR) is 65.3 cm³/mol. The topological polar surface area (TPSA) is 67.5 Å². The number of nitrogens with zero attached hydrogens (tertiary/aromatic N) is 2. The van der Waals surface area contributed by atoms with Gasteiger partial charge in [0.05, 0.1) is 18.3 Å². The highest BCUT2D eigenvalue weighted by Gasteiger charge is 2.36. The van der Waals surface area contributed by atoms with Crippen LogP contribution in [0.25, 0.3) is 0 Å². The lowest BCUT2D eigenvalue weighted by atomic mass is 10.0. The van der Waals surface area contributed by atoms with Gasteiger partial charge in [-0.2, -0.15) is 5.10 Å². The molecule has 1 atom stereocenters. The van der Waals surface area contributed by atoms with Crippen LogP contribution < -0.4 is 0 Å². The Morgan fingerprint density at radius 2 is 2.50 bits per heavy atom. The molecular formula is C12H19N3O3. The summed E-state index contributed by atoms with van der Waals surface area (Å²) in [6.45, 7) is 5.53. The van der Waals surface area contributed by atoms with Crippen molar-refractivity contribution in [3.8, 4) is 0 Å². The quantitative estimate of drug-likeness (QED) is 0.860. The molecule has 18 heavy (non-hydrogen) atoms. The van der Waals surface area contributed by atoms with Crippen LogP contribution in [-0.2, 0) is 9.47 Å². The number of ether oxygens (including phenoxy) is 2. The van der Waals surface area contributed by atoms with E-state index < -0.39 is 0 Å². The number of carbonyl (C=O) groups excluding carboxylic acids is 1. The van der Waals surface area contributed by atoms with Crippen molar-refractivity contribution in [2.24, 2.45) is 0 Å². The SMILES string of the molecule is COCC1CN(C(=O)c2ccn[nH]2)CC(C)(C)O1. The third kappa shape index (κ3) is 2.88. The van der Waals surface area contributed by atoms with Crippen LogP contribution in [0.15, 0.2) is 12.3 Å². The highest BCUT2D eigenvalue weighted by molar-refractivity contribution is 5.92. The van der Waals surface area contributed by atoms with E-state index in [0.717, 1.165) is 0 Å². The van der Waals surface area contributed by atoms with Gasteiger partial charge < -0.3 is 14.4 Å². The number of hydrogen-bond donors (Lipinski definition) is 1. The van der Waals surface area contributed by atoms with Crippen LogP contribution in [0.2, 0.25) is 0 Å². The first-order chi connectivity index (χ1) is 8.52. The number of nitrogens with one attached hydrogen (secondary N) is 1. The Kier molecular flexibility index (Phi) is 3.68. The summed E-state index contributed by atoms with van der Waals surface area (Å²) in [7, 11) is 1.63. The summed E-state index contributed by atoms with van der Waals surface area (Å²) in [5.41, 5.74) is 0.140. The van der Waals surface area contributed by atoms with E-state index in [0.29, 0.717) is 25.4 Å². The van der Waals surface area contributed by atoms with Gasteiger partial charge in [-0.1, -0.05) is 0 Å². The zero-order chi connectivity index (χ0) is 13.2. The fraction of sp³-hybridized carbons (Fsp3) is 0.667. The van der Waals surface area contributed by atoms with Crippen LogP contribution in [-0.4, -0.2) is 59.5 Å². The van der Waals surface area contributed by atoms with Crippen molar-refractivity contribution in [3.05, 3.63) is 18.0 Å². The Morgan fingerprint density at radius 1 is 1.72 bits per heavy atom. The maximum atomic E-state index is 12.3. The van der Waals surface area contributed by atoms with Crippen LogP contribution >= 0.6 is 0 Å². The Hall–Kier alpha value is -1.40. The van der Waals surface area contributed by atoms with Crippen LogP contribution in [0, 0.1) is 0 Å². The summed E-state index contributed by atoms with van der Waals surface area (Å²) in [4.78, 5) is 14.0. The zero-order valence-corrected chi connectivity index (χ0v) is 11.0. The molecule has 0 saturated carbocycles. The molecule has 6 nitrogen and oxygen atoms in total. The van der Waals surface area contributed by atoms with Gasteiger partial charge in [-0.15, -0.1) is 0 Å². The number of morpholine rings is 1. The van der Waals surface area contributed by atoms with E-state index in [4.69, 9.17) is 9.47 Å². The van der Waals surface area contributed by atoms with Crippen LogP contribution in [0.5, 0.6) is 0 Å². The summed E-state index contributed by atoms with van der Waals surface area (Å²) in [6, 6.07) is 1.68. The molecule has 1 saturated heterocycles. The molecule has 0 aliphatic carbocycles. The number of carbonyl (C=O) groups is 1. The van der Waals surface area contributed by atoms with Crippen LogP contribution in [0.1, 0.15) is 24.3 Å². The first-order valence-electron chi connectivity index (χ1n) is 5.97. The maximum Gasteiger partial charge on any atom is 0.272 e. The smallest absolute Gasteiger partial charge is 0.272 e. The maximum absolute atomic E-state index is 12.3. The Balaban J connectivity index is 2.10. The zero-order valence-electron chi connectivity index (χ0n) is 11.0. The molecule has 6 heteroatoms. The van der Waals surface area contributed by atoms with Crippen molar-refractivity contribution in [1.29, 1.82) is 0 Å². The van der Waals surface area contributed by atoms with Crippen LogP contribution in [0.4, 0.5) is 0 Å². The molecule has 1 aliphatic rings. The number of rotatable bonds is 3. The Morgan fingerprint density at radius 3 is 3.11 bits per heavy atom. The lowest BCUT2D eigenvalue weighted by Crippen LogP contribution is -2.55. The molecule has 1 fully saturated rings. The van der Waals surface area contributed by atoms with Crippen molar-refractivity contribution in [3.63, 3.8) is 0 Å². The molecule has 2 heterocycles. The van der Waals surface area contributed by atoms with Gasteiger partial charge in [0, 0.05) is 26.4 Å². The van der Waals surface area contributed by atoms with E-state index in [9.17, 15) is 4.79 Å². The molecule has 1 aliphatic heterocycles. The fourth-order valence-electron chi connectivity index (χ4n) is 2.27. The largest absolute Gasteiger partial charge is 0.382 e. The number of H-pyrrole nitrogens is 1.